The average molecular weight is 740 g/mol. The van der Waals surface area contributed by atoms with Gasteiger partial charge in [0.25, 0.3) is 0 Å². The minimum Gasteiger partial charge on any atom is -0.310 e. The van der Waals surface area contributed by atoms with E-state index < -0.39 is 0 Å². The van der Waals surface area contributed by atoms with Gasteiger partial charge in [-0.1, -0.05) is 158 Å². The monoisotopic (exact) mass is 739 g/mol. The van der Waals surface area contributed by atoms with Gasteiger partial charge in [-0.25, -0.2) is 0 Å². The molecule has 0 N–H and O–H groups in total. The molecule has 1 atom stereocenters. The number of anilines is 3. The van der Waals surface area contributed by atoms with Crippen molar-refractivity contribution in [3.8, 4) is 55.6 Å². The Kier molecular flexibility index (Phi) is 6.31. The minimum absolute atomic E-state index is 0.289. The lowest BCUT2D eigenvalue weighted by Gasteiger charge is -2.28. The normalized spacial score (nSPS) is 15.1. The van der Waals surface area contributed by atoms with Crippen LogP contribution in [0.25, 0.3) is 75.8 Å². The van der Waals surface area contributed by atoms with E-state index in [1.54, 1.807) is 0 Å². The Labute approximate surface area is 335 Å². The summed E-state index contributed by atoms with van der Waals surface area (Å²) in [7, 11) is 0. The molecule has 1 aromatic heterocycles. The first-order valence-electron chi connectivity index (χ1n) is 19.8. The van der Waals surface area contributed by atoms with Crippen LogP contribution >= 0.6 is 11.3 Å². The molecule has 1 heterocycles. The van der Waals surface area contributed by atoms with Gasteiger partial charge in [0.1, 0.15) is 0 Å². The highest BCUT2D eigenvalue weighted by atomic mass is 32.1. The lowest BCUT2D eigenvalue weighted by Crippen LogP contribution is -2.23. The van der Waals surface area contributed by atoms with Crippen molar-refractivity contribution < 1.29 is 0 Å². The van der Waals surface area contributed by atoms with E-state index in [-0.39, 0.29) is 5.41 Å². The van der Waals surface area contributed by atoms with Crippen molar-refractivity contribution in [1.29, 1.82) is 0 Å². The van der Waals surface area contributed by atoms with Crippen molar-refractivity contribution in [2.24, 2.45) is 0 Å². The van der Waals surface area contributed by atoms with Crippen LogP contribution in [0, 0.1) is 0 Å². The maximum Gasteiger partial charge on any atom is 0.0737 e. The molecule has 1 nitrogen and oxygen atoms in total. The second-order valence-corrected chi connectivity index (χ2v) is 16.6. The van der Waals surface area contributed by atoms with E-state index >= 15 is 0 Å². The van der Waals surface area contributed by atoms with Crippen molar-refractivity contribution in [2.75, 3.05) is 4.90 Å². The molecule has 13 rings (SSSR count). The molecule has 0 amide bonds. The summed E-state index contributed by atoms with van der Waals surface area (Å²) in [6.07, 6.45) is 0. The highest BCUT2D eigenvalue weighted by Crippen LogP contribution is 2.70. The first-order chi connectivity index (χ1) is 28.3. The van der Waals surface area contributed by atoms with E-state index in [0.29, 0.717) is 0 Å². The summed E-state index contributed by atoms with van der Waals surface area (Å²) in [6, 6.07) is 74.6. The molecule has 0 saturated heterocycles. The fourth-order valence-electron chi connectivity index (χ4n) is 10.5. The third kappa shape index (κ3) is 4.12. The maximum absolute atomic E-state index is 2.50. The zero-order valence-electron chi connectivity index (χ0n) is 30.9. The zero-order valence-corrected chi connectivity index (χ0v) is 31.7. The fourth-order valence-corrected chi connectivity index (χ4v) is 11.7. The van der Waals surface area contributed by atoms with Crippen molar-refractivity contribution in [3.05, 3.63) is 222 Å². The van der Waals surface area contributed by atoms with Gasteiger partial charge < -0.3 is 4.90 Å². The summed E-state index contributed by atoms with van der Waals surface area (Å²) < 4.78 is 2.61. The highest BCUT2D eigenvalue weighted by molar-refractivity contribution is 7.25. The van der Waals surface area contributed by atoms with Crippen LogP contribution in [0.2, 0.25) is 0 Å². The van der Waals surface area contributed by atoms with Crippen molar-refractivity contribution in [1.82, 2.24) is 0 Å². The molecule has 0 saturated carbocycles. The molecule has 3 aliphatic rings. The van der Waals surface area contributed by atoms with E-state index in [9.17, 15) is 0 Å². The van der Waals surface area contributed by atoms with Gasteiger partial charge in [-0.05, 0) is 115 Å². The number of hydrogen-bond donors (Lipinski definition) is 0. The van der Waals surface area contributed by atoms with Gasteiger partial charge in [0.05, 0.1) is 11.1 Å². The summed E-state index contributed by atoms with van der Waals surface area (Å²) in [4.78, 5) is 2.43. The number of thiophene rings is 1. The summed E-state index contributed by atoms with van der Waals surface area (Å²) >= 11 is 1.86. The van der Waals surface area contributed by atoms with E-state index in [1.807, 2.05) is 11.3 Å². The van der Waals surface area contributed by atoms with E-state index in [1.165, 1.54) is 98.1 Å². The van der Waals surface area contributed by atoms with Crippen LogP contribution in [0.1, 0.15) is 22.3 Å². The van der Waals surface area contributed by atoms with Crippen molar-refractivity contribution >= 4 is 48.6 Å². The van der Waals surface area contributed by atoms with Crippen LogP contribution in [-0.2, 0) is 5.41 Å². The second kappa shape index (κ2) is 11.5. The molecule has 0 fully saturated rings. The van der Waals surface area contributed by atoms with Gasteiger partial charge in [0.2, 0.25) is 0 Å². The first-order valence-corrected chi connectivity index (χ1v) is 20.6. The second-order valence-electron chi connectivity index (χ2n) is 15.6. The predicted octanol–water partition coefficient (Wildman–Crippen LogP) is 15.2. The van der Waals surface area contributed by atoms with Crippen LogP contribution in [0.15, 0.2) is 200 Å². The molecule has 1 spiro atoms. The number of rotatable bonds is 5. The smallest absolute Gasteiger partial charge is 0.0737 e. The van der Waals surface area contributed by atoms with Crippen LogP contribution in [0.5, 0.6) is 0 Å². The highest BCUT2D eigenvalue weighted by Gasteiger charge is 2.57. The number of hydrogen-bond acceptors (Lipinski definition) is 2. The Morgan fingerprint density at radius 3 is 1.70 bits per heavy atom. The summed E-state index contributed by atoms with van der Waals surface area (Å²) in [5.41, 5.74) is 21.9. The van der Waals surface area contributed by atoms with E-state index in [4.69, 9.17) is 0 Å². The van der Waals surface area contributed by atoms with Crippen LogP contribution in [0.4, 0.5) is 17.1 Å². The predicted molar refractivity (Wildman–Crippen MR) is 240 cm³/mol. The van der Waals surface area contributed by atoms with Crippen molar-refractivity contribution in [3.63, 3.8) is 0 Å². The number of fused-ring (bicyclic) bond motifs is 8. The molecule has 1 unspecified atom stereocenters. The van der Waals surface area contributed by atoms with E-state index in [0.717, 1.165) is 17.1 Å². The van der Waals surface area contributed by atoms with Crippen molar-refractivity contribution in [2.45, 2.75) is 5.41 Å². The number of nitrogens with zero attached hydrogens (tertiary/aromatic N) is 1. The van der Waals surface area contributed by atoms with Gasteiger partial charge in [-0.15, -0.1) is 11.3 Å². The molecule has 264 valence electrons. The quantitative estimate of drug-likeness (QED) is 0.170. The SMILES string of the molecule is c1ccc(-c2ccccc2N(c2ccc(-c3ccc4c(c3)C35c6ccccc6-c6cccc(c63)-c3cccc-4c35)cc2)c2ccc3c(c2)sc2ccccc23)cc1. The molecule has 0 aliphatic heterocycles. The third-order valence-electron chi connectivity index (χ3n) is 12.8. The van der Waals surface area contributed by atoms with E-state index in [2.05, 4.69) is 205 Å². The Hall–Kier alpha value is -7.00. The molecule has 57 heavy (non-hydrogen) atoms. The Bertz CT molecular complexity index is 3260. The standard InChI is InChI=1S/C55H33NS/c1-2-12-35(13-3-1)39-14-5-8-22-50(39)56(38-29-31-43-42-16-6-9-23-51(42)57-52(43)33-38)37-27-24-34(25-28-37)36-26-30-41-45-18-11-20-47-46-19-10-17-44-40-15-4-7-21-48(40)55(53(44)46,54(45)47)49(41)32-36/h1-33H. The summed E-state index contributed by atoms with van der Waals surface area (Å²) in [5.74, 6) is 0. The minimum atomic E-state index is -0.289. The summed E-state index contributed by atoms with van der Waals surface area (Å²) in [6.45, 7) is 0. The Morgan fingerprint density at radius 1 is 0.333 bits per heavy atom. The first kappa shape index (κ1) is 31.2. The molecular weight excluding hydrogens is 707 g/mol. The van der Waals surface area contributed by atoms with Gasteiger partial charge in [0, 0.05) is 37.1 Å². The topological polar surface area (TPSA) is 3.24 Å². The fraction of sp³-hybridized carbons (Fsp3) is 0.0182. The third-order valence-corrected chi connectivity index (χ3v) is 13.9. The van der Waals surface area contributed by atoms with Gasteiger partial charge in [-0.3, -0.25) is 0 Å². The van der Waals surface area contributed by atoms with Gasteiger partial charge in [-0.2, -0.15) is 0 Å². The van der Waals surface area contributed by atoms with Gasteiger partial charge >= 0.3 is 0 Å². The molecule has 0 bridgehead atoms. The molecular formula is C55H33NS. The average Bonchev–Trinajstić information content (AvgIpc) is 3.99. The van der Waals surface area contributed by atoms with Gasteiger partial charge in [0.15, 0.2) is 0 Å². The van der Waals surface area contributed by atoms with Crippen LogP contribution in [0.3, 0.4) is 0 Å². The largest absolute Gasteiger partial charge is 0.310 e. The lowest BCUT2D eigenvalue weighted by atomic mass is 9.73. The van der Waals surface area contributed by atoms with Crippen LogP contribution in [-0.4, -0.2) is 0 Å². The molecule has 0 radical (unpaired) electrons. The number of benzene rings is 9. The maximum atomic E-state index is 2.50. The zero-order chi connectivity index (χ0) is 37.2. The molecule has 10 aromatic rings. The Balaban J connectivity index is 0.972. The lowest BCUT2D eigenvalue weighted by molar-refractivity contribution is 0.818. The number of para-hydroxylation sites is 1. The molecule has 9 aromatic carbocycles. The van der Waals surface area contributed by atoms with Crippen LogP contribution < -0.4 is 4.90 Å². The molecule has 2 heteroatoms. The Morgan fingerprint density at radius 2 is 0.912 bits per heavy atom. The molecule has 3 aliphatic carbocycles. The summed E-state index contributed by atoms with van der Waals surface area (Å²) in [5, 5.41) is 2.62.